The summed E-state index contributed by atoms with van der Waals surface area (Å²) in [5.41, 5.74) is 0.746. The first kappa shape index (κ1) is 21.2. The Hall–Kier alpha value is -1.12. The molecule has 142 valence electrons. The maximum atomic E-state index is 12.8. The molecule has 2 aromatic rings. The van der Waals surface area contributed by atoms with Gasteiger partial charge in [0.25, 0.3) is 16.0 Å². The average Bonchev–Trinajstić information content (AvgIpc) is 3.06. The highest BCUT2D eigenvalue weighted by molar-refractivity contribution is 7.86. The van der Waals surface area contributed by atoms with Gasteiger partial charge in [-0.2, -0.15) is 8.42 Å². The summed E-state index contributed by atoms with van der Waals surface area (Å²) in [7, 11) is -1.93. The van der Waals surface area contributed by atoms with E-state index in [1.54, 1.807) is 49.2 Å². The first-order chi connectivity index (χ1) is 12.1. The third-order valence-electron chi connectivity index (χ3n) is 3.74. The molecule has 5 nitrogen and oxygen atoms in total. The van der Waals surface area contributed by atoms with Crippen molar-refractivity contribution >= 4 is 50.6 Å². The highest BCUT2D eigenvalue weighted by atomic mass is 35.5. The van der Waals surface area contributed by atoms with E-state index in [4.69, 9.17) is 27.4 Å². The Morgan fingerprint density at radius 1 is 1.27 bits per heavy atom. The van der Waals surface area contributed by atoms with Crippen molar-refractivity contribution in [1.29, 1.82) is 0 Å². The van der Waals surface area contributed by atoms with Gasteiger partial charge in [-0.15, -0.1) is 11.3 Å². The zero-order valence-electron chi connectivity index (χ0n) is 14.5. The number of nitrogens with zero attached hydrogens (tertiary/aromatic N) is 1. The van der Waals surface area contributed by atoms with Crippen molar-refractivity contribution in [2.75, 3.05) is 13.3 Å². The van der Waals surface area contributed by atoms with E-state index in [1.807, 2.05) is 5.38 Å². The number of benzene rings is 1. The lowest BCUT2D eigenvalue weighted by Gasteiger charge is -2.30. The van der Waals surface area contributed by atoms with E-state index in [9.17, 15) is 13.2 Å². The minimum atomic E-state index is -3.60. The molecular formula is C17H19Cl2NO4S2. The van der Waals surface area contributed by atoms with Crippen molar-refractivity contribution in [3.05, 3.63) is 56.2 Å². The first-order valence-corrected chi connectivity index (χ1v) is 11.2. The van der Waals surface area contributed by atoms with E-state index < -0.39 is 22.3 Å². The second kappa shape index (κ2) is 8.71. The number of rotatable bonds is 7. The monoisotopic (exact) mass is 435 g/mol. The molecule has 0 aliphatic heterocycles. The molecule has 0 fully saturated rings. The molecule has 1 aromatic heterocycles. The molecular weight excluding hydrogens is 417 g/mol. The third kappa shape index (κ3) is 5.69. The molecule has 1 amide bonds. The van der Waals surface area contributed by atoms with E-state index in [0.717, 1.165) is 11.8 Å². The van der Waals surface area contributed by atoms with Crippen LogP contribution in [0.25, 0.3) is 0 Å². The van der Waals surface area contributed by atoms with Crippen LogP contribution in [0.4, 0.5) is 0 Å². The van der Waals surface area contributed by atoms with Gasteiger partial charge in [-0.25, -0.2) is 0 Å². The van der Waals surface area contributed by atoms with Gasteiger partial charge < -0.3 is 4.90 Å². The van der Waals surface area contributed by atoms with Crippen LogP contribution in [0.1, 0.15) is 34.6 Å². The Morgan fingerprint density at radius 2 is 1.96 bits per heavy atom. The van der Waals surface area contributed by atoms with Crippen molar-refractivity contribution < 1.29 is 17.4 Å². The third-order valence-corrected chi connectivity index (χ3v) is 6.02. The fourth-order valence-electron chi connectivity index (χ4n) is 2.61. The quantitative estimate of drug-likeness (QED) is 0.594. The average molecular weight is 436 g/mol. The number of carbonyl (C=O) groups excluding carboxylic acids is 1. The number of hydrogen-bond donors (Lipinski definition) is 0. The second-order valence-corrected chi connectivity index (χ2v) is 9.29. The van der Waals surface area contributed by atoms with Crippen LogP contribution in [0.3, 0.4) is 0 Å². The highest BCUT2D eigenvalue weighted by Gasteiger charge is 2.27. The van der Waals surface area contributed by atoms with Crippen molar-refractivity contribution in [2.45, 2.75) is 25.5 Å². The molecule has 2 rings (SSSR count). The molecule has 0 aliphatic carbocycles. The molecule has 0 radical (unpaired) electrons. The van der Waals surface area contributed by atoms with Crippen LogP contribution in [-0.2, 0) is 14.3 Å². The van der Waals surface area contributed by atoms with Crippen molar-refractivity contribution in [1.82, 2.24) is 4.90 Å². The lowest BCUT2D eigenvalue weighted by molar-refractivity contribution is 0.0688. The zero-order chi connectivity index (χ0) is 19.5. The standard InChI is InChI=1S/C17H19Cl2NO4S2/c1-11(24-26(3,22)23)9-15(12-6-7-13(18)14(19)10-12)20(2)17(21)16-5-4-8-25-16/h4-8,10-11,15H,9H2,1-3H3. The molecule has 0 saturated carbocycles. The summed E-state index contributed by atoms with van der Waals surface area (Å²) in [5, 5.41) is 2.59. The van der Waals surface area contributed by atoms with E-state index in [1.165, 1.54) is 11.3 Å². The zero-order valence-corrected chi connectivity index (χ0v) is 17.6. The van der Waals surface area contributed by atoms with Crippen LogP contribution in [0.15, 0.2) is 35.7 Å². The minimum Gasteiger partial charge on any atom is -0.334 e. The summed E-state index contributed by atoms with van der Waals surface area (Å²) in [6.07, 6.45) is 0.652. The van der Waals surface area contributed by atoms with Gasteiger partial charge in [0, 0.05) is 7.05 Å². The molecule has 0 N–H and O–H groups in total. The van der Waals surface area contributed by atoms with Gasteiger partial charge in [-0.3, -0.25) is 8.98 Å². The van der Waals surface area contributed by atoms with Crippen molar-refractivity contribution in [2.24, 2.45) is 0 Å². The van der Waals surface area contributed by atoms with Crippen molar-refractivity contribution in [3.8, 4) is 0 Å². The Morgan fingerprint density at radius 3 is 2.50 bits per heavy atom. The Kier molecular flexibility index (Phi) is 7.10. The normalized spacial score (nSPS) is 14.0. The van der Waals surface area contributed by atoms with Crippen LogP contribution in [0.2, 0.25) is 10.0 Å². The number of amides is 1. The van der Waals surface area contributed by atoms with Crippen LogP contribution < -0.4 is 0 Å². The molecule has 9 heteroatoms. The summed E-state index contributed by atoms with van der Waals surface area (Å²) in [6, 6.07) is 8.21. The minimum absolute atomic E-state index is 0.164. The molecule has 26 heavy (non-hydrogen) atoms. The number of thiophene rings is 1. The van der Waals surface area contributed by atoms with Gasteiger partial charge in [-0.1, -0.05) is 35.3 Å². The number of carbonyl (C=O) groups is 1. The number of hydrogen-bond acceptors (Lipinski definition) is 5. The molecule has 1 aromatic carbocycles. The summed E-state index contributed by atoms with van der Waals surface area (Å²) < 4.78 is 27.9. The Balaban J connectivity index is 2.34. The largest absolute Gasteiger partial charge is 0.334 e. The maximum absolute atomic E-state index is 12.8. The van der Waals surface area contributed by atoms with Gasteiger partial charge in [0.1, 0.15) is 0 Å². The van der Waals surface area contributed by atoms with Gasteiger partial charge in [0.05, 0.1) is 33.3 Å². The second-order valence-electron chi connectivity index (χ2n) is 5.93. The smallest absolute Gasteiger partial charge is 0.264 e. The Labute approximate surface area is 167 Å². The SMILES string of the molecule is CC(CC(c1ccc(Cl)c(Cl)c1)N(C)C(=O)c1cccs1)OS(C)(=O)=O. The highest BCUT2D eigenvalue weighted by Crippen LogP contribution is 2.32. The molecule has 2 atom stereocenters. The molecule has 0 aliphatic rings. The summed E-state index contributed by atoms with van der Waals surface area (Å²) in [4.78, 5) is 14.9. The van der Waals surface area contributed by atoms with Crippen LogP contribution >= 0.6 is 34.5 Å². The van der Waals surface area contributed by atoms with Gasteiger partial charge in [0.2, 0.25) is 0 Å². The lowest BCUT2D eigenvalue weighted by atomic mass is 9.99. The molecule has 0 spiro atoms. The predicted octanol–water partition coefficient (Wildman–Crippen LogP) is 4.62. The molecule has 1 heterocycles. The summed E-state index contributed by atoms with van der Waals surface area (Å²) >= 11 is 13.5. The van der Waals surface area contributed by atoms with Gasteiger partial charge in [0.15, 0.2) is 0 Å². The molecule has 2 unspecified atom stereocenters. The fraction of sp³-hybridized carbons (Fsp3) is 0.353. The topological polar surface area (TPSA) is 63.7 Å². The first-order valence-electron chi connectivity index (χ1n) is 7.72. The van der Waals surface area contributed by atoms with Gasteiger partial charge >= 0.3 is 0 Å². The van der Waals surface area contributed by atoms with E-state index in [0.29, 0.717) is 14.9 Å². The molecule has 0 bridgehead atoms. The predicted molar refractivity (Wildman–Crippen MR) is 106 cm³/mol. The number of halogens is 2. The van der Waals surface area contributed by atoms with E-state index >= 15 is 0 Å². The van der Waals surface area contributed by atoms with E-state index in [2.05, 4.69) is 0 Å². The summed E-state index contributed by atoms with van der Waals surface area (Å²) in [6.45, 7) is 1.65. The Bertz CT molecular complexity index is 869. The van der Waals surface area contributed by atoms with Crippen LogP contribution in [-0.4, -0.2) is 38.6 Å². The lowest BCUT2D eigenvalue weighted by Crippen LogP contribution is -2.33. The van der Waals surface area contributed by atoms with Gasteiger partial charge in [-0.05, 0) is 42.5 Å². The fourth-order valence-corrected chi connectivity index (χ4v) is 4.29. The van der Waals surface area contributed by atoms with Crippen LogP contribution in [0.5, 0.6) is 0 Å². The van der Waals surface area contributed by atoms with Crippen molar-refractivity contribution in [3.63, 3.8) is 0 Å². The summed E-state index contributed by atoms with van der Waals surface area (Å²) in [5.74, 6) is -0.164. The van der Waals surface area contributed by atoms with E-state index in [-0.39, 0.29) is 12.3 Å². The van der Waals surface area contributed by atoms with Crippen LogP contribution in [0, 0.1) is 0 Å². The maximum Gasteiger partial charge on any atom is 0.264 e. The molecule has 0 saturated heterocycles.